The molecule has 2 saturated carbocycles. The zero-order chi connectivity index (χ0) is 24.0. The van der Waals surface area contributed by atoms with Gasteiger partial charge in [0.05, 0.1) is 17.3 Å². The number of nitrogens with zero attached hydrogens (tertiary/aromatic N) is 7. The van der Waals surface area contributed by atoms with Crippen molar-refractivity contribution in [3.05, 3.63) is 41.7 Å². The molecule has 5 aliphatic rings. The van der Waals surface area contributed by atoms with E-state index in [-0.39, 0.29) is 16.9 Å². The third-order valence-corrected chi connectivity index (χ3v) is 8.48. The van der Waals surface area contributed by atoms with Crippen molar-refractivity contribution in [1.29, 1.82) is 0 Å². The molecule has 0 atom stereocenters. The molecule has 0 aromatic carbocycles. The van der Waals surface area contributed by atoms with Gasteiger partial charge in [0, 0.05) is 68.8 Å². The Morgan fingerprint density at radius 2 is 1.66 bits per heavy atom. The van der Waals surface area contributed by atoms with E-state index in [1.165, 1.54) is 18.9 Å². The minimum atomic E-state index is -4.36. The Hall–Kier alpha value is -2.69. The number of aromatic nitrogens is 4. The number of carbonyl (C=O) groups is 1. The fourth-order valence-corrected chi connectivity index (χ4v) is 6.50. The lowest BCUT2D eigenvalue weighted by molar-refractivity contribution is -0.137. The van der Waals surface area contributed by atoms with E-state index in [0.29, 0.717) is 24.2 Å². The van der Waals surface area contributed by atoms with Crippen LogP contribution in [0.4, 0.5) is 18.0 Å². The predicted molar refractivity (Wildman–Crippen MR) is 118 cm³/mol. The Balaban J connectivity index is 0.840. The van der Waals surface area contributed by atoms with Gasteiger partial charge in [0.25, 0.3) is 0 Å². The van der Waals surface area contributed by atoms with Gasteiger partial charge in [0.1, 0.15) is 6.33 Å². The first kappa shape index (κ1) is 21.6. The molecule has 0 bridgehead atoms. The lowest BCUT2D eigenvalue weighted by Crippen LogP contribution is -2.75. The summed E-state index contributed by atoms with van der Waals surface area (Å²) in [6.07, 6.45) is 2.98. The topological polar surface area (TPSA) is 70.4 Å². The molecule has 0 N–H and O–H groups in total. The average molecular weight is 488 g/mol. The second-order valence-corrected chi connectivity index (χ2v) is 11.6. The second kappa shape index (κ2) is 7.18. The molecule has 2 aromatic rings. The molecule has 11 heteroatoms. The first-order valence-electron chi connectivity index (χ1n) is 12.4. The van der Waals surface area contributed by atoms with E-state index >= 15 is 0 Å². The van der Waals surface area contributed by atoms with Crippen LogP contribution in [0.3, 0.4) is 0 Å². The number of halogens is 3. The first-order chi connectivity index (χ1) is 16.7. The zero-order valence-corrected chi connectivity index (χ0v) is 19.4. The highest BCUT2D eigenvalue weighted by atomic mass is 19.4. The lowest BCUT2D eigenvalue weighted by Gasteiger charge is -2.63. The average Bonchev–Trinajstić information content (AvgIpc) is 3.44. The van der Waals surface area contributed by atoms with Gasteiger partial charge in [-0.2, -0.15) is 18.3 Å². The quantitative estimate of drug-likeness (QED) is 0.663. The van der Waals surface area contributed by atoms with Crippen LogP contribution in [0.5, 0.6) is 0 Å². The van der Waals surface area contributed by atoms with Gasteiger partial charge in [-0.3, -0.25) is 9.88 Å². The van der Waals surface area contributed by atoms with Gasteiger partial charge in [-0.1, -0.05) is 0 Å². The maximum Gasteiger partial charge on any atom is 0.417 e. The summed E-state index contributed by atoms with van der Waals surface area (Å²) in [4.78, 5) is 27.4. The number of urea groups is 1. The first-order valence-corrected chi connectivity index (χ1v) is 12.4. The van der Waals surface area contributed by atoms with Crippen molar-refractivity contribution in [3.8, 4) is 0 Å². The van der Waals surface area contributed by atoms with E-state index in [1.54, 1.807) is 0 Å². The zero-order valence-electron chi connectivity index (χ0n) is 19.4. The normalized spacial score (nSPS) is 25.2. The maximum atomic E-state index is 12.9. The summed E-state index contributed by atoms with van der Waals surface area (Å²) < 4.78 is 40.1. The van der Waals surface area contributed by atoms with Gasteiger partial charge in [0.15, 0.2) is 5.82 Å². The van der Waals surface area contributed by atoms with E-state index < -0.39 is 11.7 Å². The number of alkyl halides is 3. The molecule has 3 saturated heterocycles. The van der Waals surface area contributed by atoms with Gasteiger partial charge in [-0.25, -0.2) is 14.5 Å². The molecule has 186 valence electrons. The Morgan fingerprint density at radius 1 is 0.971 bits per heavy atom. The molecule has 2 aliphatic carbocycles. The number of likely N-dealkylation sites (tertiary alicyclic amines) is 3. The van der Waals surface area contributed by atoms with E-state index in [2.05, 4.69) is 20.0 Å². The SMILES string of the molecule is O=C(N1CC2(CC(n3cnc(C4CC4)n3)C2)C1)N1CC2(CN(Cc3ccc(C(F)(F)F)cn3)C2)C1. The Morgan fingerprint density at radius 3 is 2.26 bits per heavy atom. The molecule has 2 aromatic heterocycles. The molecule has 0 radical (unpaired) electrons. The summed E-state index contributed by atoms with van der Waals surface area (Å²) in [5.74, 6) is 1.57. The van der Waals surface area contributed by atoms with Gasteiger partial charge in [-0.05, 0) is 37.8 Å². The smallest absolute Gasteiger partial charge is 0.323 e. The summed E-state index contributed by atoms with van der Waals surface area (Å²) >= 11 is 0. The number of hydrogen-bond acceptors (Lipinski definition) is 5. The summed E-state index contributed by atoms with van der Waals surface area (Å²) in [6.45, 7) is 5.44. The van der Waals surface area contributed by atoms with Crippen LogP contribution in [-0.4, -0.2) is 79.7 Å². The summed E-state index contributed by atoms with van der Waals surface area (Å²) in [7, 11) is 0. The molecule has 5 heterocycles. The van der Waals surface area contributed by atoms with Crippen LogP contribution in [0.15, 0.2) is 24.7 Å². The van der Waals surface area contributed by atoms with Crippen LogP contribution in [-0.2, 0) is 12.7 Å². The minimum Gasteiger partial charge on any atom is -0.323 e. The highest BCUT2D eigenvalue weighted by Crippen LogP contribution is 2.54. The minimum absolute atomic E-state index is 0.137. The molecule has 8 nitrogen and oxygen atoms in total. The summed E-state index contributed by atoms with van der Waals surface area (Å²) in [5.41, 5.74) is 0.314. The van der Waals surface area contributed by atoms with E-state index in [0.717, 1.165) is 70.2 Å². The Kier molecular flexibility index (Phi) is 4.43. The van der Waals surface area contributed by atoms with Crippen molar-refractivity contribution < 1.29 is 18.0 Å². The number of carbonyl (C=O) groups excluding carboxylic acids is 1. The Bertz CT molecular complexity index is 1130. The molecular formula is C24H28F3N7O. The lowest BCUT2D eigenvalue weighted by atomic mass is 9.60. The molecule has 7 rings (SSSR count). The standard InChI is InChI=1S/C24H28F3N7O/c25-24(26,27)17-3-4-18(28-7-17)8-31-9-23(10-31)13-33(14-23)21(35)32-11-22(12-32)5-19(6-22)34-15-29-20(30-34)16-1-2-16/h3-4,7,15-16,19H,1-2,5-6,8-14H2. The molecule has 0 unspecified atom stereocenters. The predicted octanol–water partition coefficient (Wildman–Crippen LogP) is 3.14. The van der Waals surface area contributed by atoms with E-state index in [4.69, 9.17) is 0 Å². The Labute approximate surface area is 201 Å². The van der Waals surface area contributed by atoms with Crippen LogP contribution in [0.1, 0.15) is 54.7 Å². The van der Waals surface area contributed by atoms with E-state index in [9.17, 15) is 18.0 Å². The molecule has 35 heavy (non-hydrogen) atoms. The maximum absolute atomic E-state index is 12.9. The largest absolute Gasteiger partial charge is 0.417 e. The second-order valence-electron chi connectivity index (χ2n) is 11.6. The van der Waals surface area contributed by atoms with E-state index in [1.807, 2.05) is 20.8 Å². The molecule has 5 fully saturated rings. The van der Waals surface area contributed by atoms with Gasteiger partial charge in [-0.15, -0.1) is 0 Å². The van der Waals surface area contributed by atoms with Crippen molar-refractivity contribution in [2.75, 3.05) is 39.3 Å². The van der Waals surface area contributed by atoms with Gasteiger partial charge in [0.2, 0.25) is 0 Å². The summed E-state index contributed by atoms with van der Waals surface area (Å²) in [5, 5.41) is 4.66. The molecule has 3 aliphatic heterocycles. The van der Waals surface area contributed by atoms with Crippen molar-refractivity contribution in [1.82, 2.24) is 34.4 Å². The van der Waals surface area contributed by atoms with Crippen molar-refractivity contribution >= 4 is 6.03 Å². The molecule has 2 amide bonds. The fourth-order valence-electron chi connectivity index (χ4n) is 6.50. The van der Waals surface area contributed by atoms with Crippen LogP contribution < -0.4 is 0 Å². The van der Waals surface area contributed by atoms with Crippen molar-refractivity contribution in [2.24, 2.45) is 10.8 Å². The molecular weight excluding hydrogens is 459 g/mol. The third kappa shape index (κ3) is 3.70. The van der Waals surface area contributed by atoms with Gasteiger partial charge < -0.3 is 9.80 Å². The molecule has 2 spiro atoms. The third-order valence-electron chi connectivity index (χ3n) is 8.48. The van der Waals surface area contributed by atoms with Crippen LogP contribution in [0.2, 0.25) is 0 Å². The van der Waals surface area contributed by atoms with Crippen molar-refractivity contribution in [2.45, 2.75) is 50.4 Å². The number of amides is 2. The fraction of sp³-hybridized carbons (Fsp3) is 0.667. The number of rotatable bonds is 4. The van der Waals surface area contributed by atoms with Gasteiger partial charge >= 0.3 is 12.2 Å². The highest BCUT2D eigenvalue weighted by molar-refractivity contribution is 5.77. The van der Waals surface area contributed by atoms with Crippen LogP contribution in [0, 0.1) is 10.8 Å². The van der Waals surface area contributed by atoms with Crippen molar-refractivity contribution in [3.63, 3.8) is 0 Å². The monoisotopic (exact) mass is 487 g/mol. The highest BCUT2D eigenvalue weighted by Gasteiger charge is 2.58. The number of pyridine rings is 1. The summed E-state index contributed by atoms with van der Waals surface area (Å²) in [6, 6.07) is 3.09. The van der Waals surface area contributed by atoms with Crippen LogP contribution in [0.25, 0.3) is 0 Å². The van der Waals surface area contributed by atoms with Crippen LogP contribution >= 0.6 is 0 Å². The number of hydrogen-bond donors (Lipinski definition) is 0.